The molecule has 0 radical (unpaired) electrons. The van der Waals surface area contributed by atoms with Gasteiger partial charge >= 0.3 is 5.97 Å². The van der Waals surface area contributed by atoms with Gasteiger partial charge in [0.05, 0.1) is 0 Å². The predicted octanol–water partition coefficient (Wildman–Crippen LogP) is 3.18. The van der Waals surface area contributed by atoms with Crippen molar-refractivity contribution in [1.82, 2.24) is 4.73 Å². The number of hydrogen-bond donors (Lipinski definition) is 0. The standard InChI is InChI=1S/C8H8.C7H9NO2/c1-2-8-6-4-3-5-7-8;1-2-7(9)10-8-5-3-4-6-8/h2-7H,1H2;3-6H,2H2,1H3. The quantitative estimate of drug-likeness (QED) is 0.829. The van der Waals surface area contributed by atoms with Crippen molar-refractivity contribution in [3.05, 3.63) is 67.0 Å². The number of rotatable bonds is 3. The van der Waals surface area contributed by atoms with Gasteiger partial charge in [0.25, 0.3) is 0 Å². The van der Waals surface area contributed by atoms with E-state index in [9.17, 15) is 4.79 Å². The third kappa shape index (κ3) is 5.16. The van der Waals surface area contributed by atoms with Crippen LogP contribution in [-0.4, -0.2) is 10.7 Å². The zero-order valence-corrected chi connectivity index (χ0v) is 10.5. The Hall–Kier alpha value is -2.29. The van der Waals surface area contributed by atoms with Crippen molar-refractivity contribution >= 4 is 12.0 Å². The van der Waals surface area contributed by atoms with Crippen molar-refractivity contribution in [2.45, 2.75) is 13.3 Å². The fourth-order valence-corrected chi connectivity index (χ4v) is 1.15. The Morgan fingerprint density at radius 3 is 2.28 bits per heavy atom. The van der Waals surface area contributed by atoms with E-state index in [4.69, 9.17) is 4.84 Å². The lowest BCUT2D eigenvalue weighted by Gasteiger charge is -1.99. The maximum atomic E-state index is 10.6. The third-order valence-electron chi connectivity index (χ3n) is 2.11. The van der Waals surface area contributed by atoms with Gasteiger partial charge in [-0.2, -0.15) is 4.73 Å². The fraction of sp³-hybridized carbons (Fsp3) is 0.133. The van der Waals surface area contributed by atoms with Gasteiger partial charge in [-0.3, -0.25) is 0 Å². The highest BCUT2D eigenvalue weighted by Gasteiger charge is 1.96. The van der Waals surface area contributed by atoms with Crippen molar-refractivity contribution in [2.24, 2.45) is 0 Å². The monoisotopic (exact) mass is 243 g/mol. The van der Waals surface area contributed by atoms with Gasteiger partial charge < -0.3 is 4.84 Å². The molecule has 0 fully saturated rings. The van der Waals surface area contributed by atoms with E-state index >= 15 is 0 Å². The van der Waals surface area contributed by atoms with E-state index in [1.165, 1.54) is 10.3 Å². The van der Waals surface area contributed by atoms with Gasteiger partial charge in [0.15, 0.2) is 0 Å². The van der Waals surface area contributed by atoms with E-state index in [1.54, 1.807) is 31.5 Å². The Bertz CT molecular complexity index is 461. The summed E-state index contributed by atoms with van der Waals surface area (Å²) in [5.41, 5.74) is 1.17. The second-order valence-corrected chi connectivity index (χ2v) is 3.47. The van der Waals surface area contributed by atoms with Gasteiger partial charge in [0.2, 0.25) is 0 Å². The summed E-state index contributed by atoms with van der Waals surface area (Å²) in [6.07, 6.45) is 5.58. The Morgan fingerprint density at radius 1 is 1.22 bits per heavy atom. The largest absolute Gasteiger partial charge is 0.337 e. The molecule has 1 heterocycles. The first-order valence-corrected chi connectivity index (χ1v) is 5.78. The Morgan fingerprint density at radius 2 is 1.83 bits per heavy atom. The van der Waals surface area contributed by atoms with E-state index in [1.807, 2.05) is 36.4 Å². The van der Waals surface area contributed by atoms with Crippen molar-refractivity contribution in [3.8, 4) is 0 Å². The summed E-state index contributed by atoms with van der Waals surface area (Å²) in [7, 11) is 0. The molecular weight excluding hydrogens is 226 g/mol. The Kier molecular flexibility index (Phi) is 6.04. The lowest BCUT2D eigenvalue weighted by Crippen LogP contribution is -2.16. The molecule has 0 atom stereocenters. The average Bonchev–Trinajstić information content (AvgIpc) is 2.93. The summed E-state index contributed by atoms with van der Waals surface area (Å²) < 4.78 is 1.38. The molecule has 94 valence electrons. The summed E-state index contributed by atoms with van der Waals surface area (Å²) in [5.74, 6) is -0.226. The van der Waals surface area contributed by atoms with Crippen LogP contribution in [0, 0.1) is 0 Å². The van der Waals surface area contributed by atoms with Crippen molar-refractivity contribution in [1.29, 1.82) is 0 Å². The number of benzene rings is 1. The Labute approximate surface area is 107 Å². The van der Waals surface area contributed by atoms with Gasteiger partial charge in [0, 0.05) is 18.8 Å². The zero-order chi connectivity index (χ0) is 13.2. The topological polar surface area (TPSA) is 31.2 Å². The van der Waals surface area contributed by atoms with Gasteiger partial charge in [-0.25, -0.2) is 4.79 Å². The first kappa shape index (κ1) is 13.8. The van der Waals surface area contributed by atoms with Crippen LogP contribution in [0.25, 0.3) is 6.08 Å². The molecule has 3 heteroatoms. The maximum absolute atomic E-state index is 10.6. The summed E-state index contributed by atoms with van der Waals surface area (Å²) in [6.45, 7) is 5.39. The molecule has 2 rings (SSSR count). The molecule has 0 aliphatic heterocycles. The number of carbonyl (C=O) groups is 1. The molecule has 0 aliphatic rings. The van der Waals surface area contributed by atoms with Crippen LogP contribution in [0.3, 0.4) is 0 Å². The molecule has 0 amide bonds. The summed E-state index contributed by atoms with van der Waals surface area (Å²) in [6, 6.07) is 13.6. The second-order valence-electron chi connectivity index (χ2n) is 3.47. The highest BCUT2D eigenvalue weighted by atomic mass is 16.7. The third-order valence-corrected chi connectivity index (χ3v) is 2.11. The number of nitrogens with zero attached hydrogens (tertiary/aromatic N) is 1. The van der Waals surface area contributed by atoms with Crippen LogP contribution in [-0.2, 0) is 4.79 Å². The van der Waals surface area contributed by atoms with Crippen LogP contribution in [0.5, 0.6) is 0 Å². The van der Waals surface area contributed by atoms with Crippen molar-refractivity contribution < 1.29 is 9.63 Å². The molecule has 1 aromatic carbocycles. The zero-order valence-electron chi connectivity index (χ0n) is 10.5. The SMILES string of the molecule is C=Cc1ccccc1.CCC(=O)On1cccc1. The van der Waals surface area contributed by atoms with E-state index < -0.39 is 0 Å². The fourth-order valence-electron chi connectivity index (χ4n) is 1.15. The number of carbonyl (C=O) groups excluding carboxylic acids is 1. The Balaban J connectivity index is 0.000000184. The molecule has 18 heavy (non-hydrogen) atoms. The molecule has 0 spiro atoms. The van der Waals surface area contributed by atoms with Crippen LogP contribution in [0.4, 0.5) is 0 Å². The minimum Gasteiger partial charge on any atom is -0.337 e. The molecule has 0 N–H and O–H groups in total. The lowest BCUT2D eigenvalue weighted by atomic mass is 10.2. The molecular formula is C15H17NO2. The molecule has 0 aliphatic carbocycles. The lowest BCUT2D eigenvalue weighted by molar-refractivity contribution is -0.143. The van der Waals surface area contributed by atoms with E-state index in [0.717, 1.165) is 0 Å². The molecule has 1 aromatic heterocycles. The van der Waals surface area contributed by atoms with Gasteiger partial charge in [0.1, 0.15) is 0 Å². The van der Waals surface area contributed by atoms with Crippen LogP contribution < -0.4 is 4.84 Å². The van der Waals surface area contributed by atoms with Gasteiger partial charge in [-0.15, -0.1) is 0 Å². The highest BCUT2D eigenvalue weighted by Crippen LogP contribution is 1.97. The molecule has 0 unspecified atom stereocenters. The molecule has 0 bridgehead atoms. The highest BCUT2D eigenvalue weighted by molar-refractivity contribution is 5.69. The maximum Gasteiger partial charge on any atom is 0.332 e. The average molecular weight is 243 g/mol. The molecule has 0 saturated carbocycles. The predicted molar refractivity (Wildman–Crippen MR) is 72.8 cm³/mol. The smallest absolute Gasteiger partial charge is 0.332 e. The van der Waals surface area contributed by atoms with Crippen LogP contribution in [0.1, 0.15) is 18.9 Å². The van der Waals surface area contributed by atoms with Crippen molar-refractivity contribution in [2.75, 3.05) is 0 Å². The molecule has 3 nitrogen and oxygen atoms in total. The minimum atomic E-state index is -0.226. The second kappa shape index (κ2) is 7.90. The van der Waals surface area contributed by atoms with Crippen LogP contribution in [0.15, 0.2) is 61.4 Å². The number of hydrogen-bond acceptors (Lipinski definition) is 2. The molecule has 2 aromatic rings. The van der Waals surface area contributed by atoms with Crippen molar-refractivity contribution in [3.63, 3.8) is 0 Å². The summed E-state index contributed by atoms with van der Waals surface area (Å²) >= 11 is 0. The van der Waals surface area contributed by atoms with E-state index in [2.05, 4.69) is 6.58 Å². The minimum absolute atomic E-state index is 0.226. The van der Waals surface area contributed by atoms with Crippen LogP contribution >= 0.6 is 0 Å². The number of aromatic nitrogens is 1. The van der Waals surface area contributed by atoms with E-state index in [0.29, 0.717) is 6.42 Å². The first-order chi connectivity index (χ1) is 8.76. The summed E-state index contributed by atoms with van der Waals surface area (Å²) in [5, 5.41) is 0. The molecule has 0 saturated heterocycles. The normalized spacial score (nSPS) is 8.94. The first-order valence-electron chi connectivity index (χ1n) is 5.78. The van der Waals surface area contributed by atoms with E-state index in [-0.39, 0.29) is 5.97 Å². The summed E-state index contributed by atoms with van der Waals surface area (Å²) in [4.78, 5) is 15.4. The van der Waals surface area contributed by atoms with Crippen LogP contribution in [0.2, 0.25) is 0 Å². The van der Waals surface area contributed by atoms with Gasteiger partial charge in [-0.05, 0) is 17.7 Å². The van der Waals surface area contributed by atoms with Gasteiger partial charge in [-0.1, -0.05) is 49.9 Å².